The van der Waals surface area contributed by atoms with Crippen LogP contribution in [0.2, 0.25) is 0 Å². The van der Waals surface area contributed by atoms with E-state index in [1.807, 2.05) is 52.0 Å². The number of carbonyl (C=O) groups excluding carboxylic acids is 1. The summed E-state index contributed by atoms with van der Waals surface area (Å²) in [6.07, 6.45) is 0. The van der Waals surface area contributed by atoms with Gasteiger partial charge in [0.15, 0.2) is 0 Å². The fraction of sp³-hybridized carbons (Fsp3) is 0.238. The van der Waals surface area contributed by atoms with Crippen molar-refractivity contribution < 1.29 is 9.72 Å². The summed E-state index contributed by atoms with van der Waals surface area (Å²) in [5.74, 6) is -0.155. The van der Waals surface area contributed by atoms with Crippen LogP contribution in [0.1, 0.15) is 36.7 Å². The van der Waals surface area contributed by atoms with E-state index in [-0.39, 0.29) is 11.3 Å². The maximum Gasteiger partial charge on any atom is 0.269 e. The molecule has 0 atom stereocenters. The molecule has 3 rings (SSSR count). The number of anilines is 2. The van der Waals surface area contributed by atoms with Gasteiger partial charge in [-0.05, 0) is 51.5 Å². The fourth-order valence-corrected chi connectivity index (χ4v) is 3.04. The molecule has 0 saturated heterocycles. The number of nitrogens with one attached hydrogen (secondary N) is 1. The summed E-state index contributed by atoms with van der Waals surface area (Å²) < 4.78 is 1.72. The van der Waals surface area contributed by atoms with Crippen LogP contribution < -0.4 is 11.1 Å². The van der Waals surface area contributed by atoms with E-state index in [9.17, 15) is 14.9 Å². The molecule has 8 nitrogen and oxygen atoms in total. The highest BCUT2D eigenvalue weighted by molar-refractivity contribution is 6.04. The van der Waals surface area contributed by atoms with E-state index < -0.39 is 16.4 Å². The number of benzene rings is 2. The van der Waals surface area contributed by atoms with E-state index in [0.717, 1.165) is 11.3 Å². The first-order chi connectivity index (χ1) is 13.6. The highest BCUT2D eigenvalue weighted by Gasteiger charge is 2.29. The molecule has 1 amide bonds. The van der Waals surface area contributed by atoms with Crippen LogP contribution >= 0.6 is 0 Å². The van der Waals surface area contributed by atoms with Crippen molar-refractivity contribution in [2.24, 2.45) is 5.73 Å². The third-order valence-electron chi connectivity index (χ3n) is 4.52. The molecule has 3 aromatic rings. The highest BCUT2D eigenvalue weighted by atomic mass is 16.6. The Bertz CT molecular complexity index is 1080. The lowest BCUT2D eigenvalue weighted by atomic mass is 10.1. The molecule has 0 aliphatic carbocycles. The van der Waals surface area contributed by atoms with Crippen molar-refractivity contribution in [2.45, 2.75) is 33.2 Å². The number of hydrogen-bond donors (Lipinski definition) is 2. The molecule has 0 spiro atoms. The number of hydrogen-bond acceptors (Lipinski definition) is 5. The average molecular weight is 393 g/mol. The third-order valence-corrected chi connectivity index (χ3v) is 4.52. The number of nitro groups is 1. The van der Waals surface area contributed by atoms with Gasteiger partial charge < -0.3 is 11.1 Å². The number of para-hydroxylation sites is 1. The monoisotopic (exact) mass is 393 g/mol. The molecule has 0 bridgehead atoms. The Labute approximate surface area is 168 Å². The van der Waals surface area contributed by atoms with Crippen molar-refractivity contribution in [3.8, 4) is 11.3 Å². The van der Waals surface area contributed by atoms with Gasteiger partial charge in [-0.1, -0.05) is 18.2 Å². The van der Waals surface area contributed by atoms with Crippen LogP contribution in [0, 0.1) is 17.0 Å². The second-order valence-corrected chi connectivity index (χ2v) is 7.76. The predicted octanol–water partition coefficient (Wildman–Crippen LogP) is 4.36. The Hall–Kier alpha value is -3.68. The number of nitrogens with two attached hydrogens (primary N) is 1. The Balaban J connectivity index is 2.22. The normalized spacial score (nSPS) is 11.3. The molecule has 0 fully saturated rings. The van der Waals surface area contributed by atoms with Crippen LogP contribution in [-0.4, -0.2) is 20.6 Å². The lowest BCUT2D eigenvalue weighted by Crippen LogP contribution is -2.25. The van der Waals surface area contributed by atoms with Crippen LogP contribution in [-0.2, 0) is 5.54 Å². The zero-order valence-electron chi connectivity index (χ0n) is 16.8. The lowest BCUT2D eigenvalue weighted by Gasteiger charge is -2.23. The lowest BCUT2D eigenvalue weighted by molar-refractivity contribution is -0.384. The summed E-state index contributed by atoms with van der Waals surface area (Å²) in [7, 11) is 0. The number of nitro benzene ring substituents is 1. The average Bonchev–Trinajstić information content (AvgIpc) is 3.03. The van der Waals surface area contributed by atoms with Gasteiger partial charge in [-0.3, -0.25) is 14.9 Å². The molecule has 0 saturated carbocycles. The van der Waals surface area contributed by atoms with E-state index >= 15 is 0 Å². The summed E-state index contributed by atoms with van der Waals surface area (Å²) >= 11 is 0. The second-order valence-electron chi connectivity index (χ2n) is 7.76. The van der Waals surface area contributed by atoms with E-state index in [1.165, 1.54) is 12.1 Å². The Morgan fingerprint density at radius 1 is 1.14 bits per heavy atom. The van der Waals surface area contributed by atoms with E-state index in [1.54, 1.807) is 16.8 Å². The Kier molecular flexibility index (Phi) is 5.11. The number of aromatic nitrogens is 2. The van der Waals surface area contributed by atoms with Crippen LogP contribution in [0.3, 0.4) is 0 Å². The zero-order chi connectivity index (χ0) is 21.3. The standard InChI is InChI=1S/C21H23N5O3/c1-13-7-5-6-8-16(13)23-20-17(19(22)27)18(24-25(20)21(2,3)4)14-9-11-15(12-10-14)26(28)29/h5-12,23H,1-4H3,(H2,22,27). The van der Waals surface area contributed by atoms with Crippen LogP contribution in [0.25, 0.3) is 11.3 Å². The van der Waals surface area contributed by atoms with Gasteiger partial charge >= 0.3 is 0 Å². The van der Waals surface area contributed by atoms with Gasteiger partial charge in [-0.25, -0.2) is 4.68 Å². The second kappa shape index (κ2) is 7.38. The maximum atomic E-state index is 12.4. The quantitative estimate of drug-likeness (QED) is 0.493. The molecule has 8 heteroatoms. The maximum absolute atomic E-state index is 12.4. The van der Waals surface area contributed by atoms with Gasteiger partial charge in [0, 0.05) is 23.4 Å². The fourth-order valence-electron chi connectivity index (χ4n) is 3.04. The summed E-state index contributed by atoms with van der Waals surface area (Å²) in [4.78, 5) is 22.9. The van der Waals surface area contributed by atoms with E-state index in [2.05, 4.69) is 10.4 Å². The minimum atomic E-state index is -0.634. The number of primary amides is 1. The van der Waals surface area contributed by atoms with Crippen molar-refractivity contribution in [1.29, 1.82) is 0 Å². The summed E-state index contributed by atoms with van der Waals surface area (Å²) in [6, 6.07) is 13.6. The van der Waals surface area contributed by atoms with Crippen molar-refractivity contribution in [1.82, 2.24) is 9.78 Å². The largest absolute Gasteiger partial charge is 0.365 e. The first-order valence-corrected chi connectivity index (χ1v) is 9.10. The van der Waals surface area contributed by atoms with E-state index in [4.69, 9.17) is 5.73 Å². The molecule has 0 unspecified atom stereocenters. The van der Waals surface area contributed by atoms with Gasteiger partial charge in [0.25, 0.3) is 11.6 Å². The molecule has 3 N–H and O–H groups in total. The number of rotatable bonds is 5. The van der Waals surface area contributed by atoms with Gasteiger partial charge in [0.1, 0.15) is 17.1 Å². The first kappa shape index (κ1) is 20.1. The Morgan fingerprint density at radius 3 is 2.28 bits per heavy atom. The van der Waals surface area contributed by atoms with Crippen molar-refractivity contribution >= 4 is 23.1 Å². The molecule has 1 heterocycles. The molecule has 0 aliphatic heterocycles. The molecule has 0 aliphatic rings. The number of aryl methyl sites for hydroxylation is 1. The Morgan fingerprint density at radius 2 is 1.76 bits per heavy atom. The topological polar surface area (TPSA) is 116 Å². The number of carbonyl (C=O) groups is 1. The van der Waals surface area contributed by atoms with Crippen LogP contribution in [0.15, 0.2) is 48.5 Å². The molecular weight excluding hydrogens is 370 g/mol. The smallest absolute Gasteiger partial charge is 0.269 e. The number of nitrogens with zero attached hydrogens (tertiary/aromatic N) is 3. The summed E-state index contributed by atoms with van der Waals surface area (Å²) in [5.41, 5.74) is 8.26. The molecule has 1 aromatic heterocycles. The van der Waals surface area contributed by atoms with Crippen molar-refractivity contribution in [3.05, 3.63) is 69.8 Å². The van der Waals surface area contributed by atoms with Gasteiger partial charge in [0.2, 0.25) is 0 Å². The summed E-state index contributed by atoms with van der Waals surface area (Å²) in [6.45, 7) is 7.86. The van der Waals surface area contributed by atoms with Crippen molar-refractivity contribution in [3.63, 3.8) is 0 Å². The predicted molar refractivity (Wildman–Crippen MR) is 112 cm³/mol. The van der Waals surface area contributed by atoms with Gasteiger partial charge in [-0.15, -0.1) is 0 Å². The molecule has 150 valence electrons. The summed E-state index contributed by atoms with van der Waals surface area (Å²) in [5, 5.41) is 18.9. The number of amides is 1. The van der Waals surface area contributed by atoms with E-state index in [0.29, 0.717) is 17.1 Å². The first-order valence-electron chi connectivity index (χ1n) is 9.10. The highest BCUT2D eigenvalue weighted by Crippen LogP contribution is 2.35. The molecule has 29 heavy (non-hydrogen) atoms. The minimum Gasteiger partial charge on any atom is -0.365 e. The zero-order valence-corrected chi connectivity index (χ0v) is 16.8. The molecule has 2 aromatic carbocycles. The van der Waals surface area contributed by atoms with Crippen molar-refractivity contribution in [2.75, 3.05) is 5.32 Å². The third kappa shape index (κ3) is 3.96. The molecular formula is C21H23N5O3. The number of non-ortho nitro benzene ring substituents is 1. The molecule has 0 radical (unpaired) electrons. The van der Waals surface area contributed by atoms with Gasteiger partial charge in [-0.2, -0.15) is 5.10 Å². The van der Waals surface area contributed by atoms with Gasteiger partial charge in [0.05, 0.1) is 10.5 Å². The minimum absolute atomic E-state index is 0.0390. The van der Waals surface area contributed by atoms with Crippen LogP contribution in [0.4, 0.5) is 17.2 Å². The SMILES string of the molecule is Cc1ccccc1Nc1c(C(N)=O)c(-c2ccc([N+](=O)[O-])cc2)nn1C(C)(C)C. The van der Waals surface area contributed by atoms with Crippen LogP contribution in [0.5, 0.6) is 0 Å².